The summed E-state index contributed by atoms with van der Waals surface area (Å²) in [6.07, 6.45) is 0.353. The Hall–Kier alpha value is -2.86. The van der Waals surface area contributed by atoms with Crippen molar-refractivity contribution in [3.8, 4) is 11.3 Å². The van der Waals surface area contributed by atoms with E-state index in [1.807, 2.05) is 0 Å². The van der Waals surface area contributed by atoms with Crippen molar-refractivity contribution in [2.75, 3.05) is 17.7 Å². The molecule has 176 valence electrons. The van der Waals surface area contributed by atoms with E-state index in [1.165, 1.54) is 13.3 Å². The molecule has 0 bridgehead atoms. The van der Waals surface area contributed by atoms with Gasteiger partial charge in [-0.1, -0.05) is 6.07 Å². The molecule has 1 fully saturated rings. The number of H-pyrrole nitrogens is 1. The second kappa shape index (κ2) is 9.18. The van der Waals surface area contributed by atoms with Gasteiger partial charge in [-0.25, -0.2) is 14.8 Å². The fraction of sp³-hybridized carbons (Fsp3) is 0.381. The molecule has 5 N–H and O–H groups in total. The van der Waals surface area contributed by atoms with E-state index >= 15 is 0 Å². The Balaban J connectivity index is 1.76. The number of carbonyl (C=O) groups is 1. The minimum absolute atomic E-state index is 0.00223. The Morgan fingerprint density at radius 3 is 2.82 bits per heavy atom. The van der Waals surface area contributed by atoms with Gasteiger partial charge in [0, 0.05) is 35.4 Å². The van der Waals surface area contributed by atoms with Crippen LogP contribution < -0.4 is 16.4 Å². The van der Waals surface area contributed by atoms with Crippen molar-refractivity contribution >= 4 is 44.6 Å². The number of fused-ring (bicyclic) bond motifs is 1. The van der Waals surface area contributed by atoms with Crippen LogP contribution in [0.5, 0.6) is 0 Å². The average Bonchev–Trinajstić information content (AvgIpc) is 3.19. The summed E-state index contributed by atoms with van der Waals surface area (Å²) in [5.74, 6) is 0.120. The van der Waals surface area contributed by atoms with Gasteiger partial charge in [0.25, 0.3) is 0 Å². The highest BCUT2D eigenvalue weighted by atomic mass is 79.9. The van der Waals surface area contributed by atoms with E-state index in [0.717, 1.165) is 25.5 Å². The van der Waals surface area contributed by atoms with Crippen molar-refractivity contribution in [2.24, 2.45) is 5.73 Å². The third-order valence-electron chi connectivity index (χ3n) is 5.61. The minimum Gasteiger partial charge on any atom is -0.453 e. The van der Waals surface area contributed by atoms with E-state index in [2.05, 4.69) is 46.3 Å². The lowest BCUT2D eigenvalue weighted by Gasteiger charge is -2.27. The summed E-state index contributed by atoms with van der Waals surface area (Å²) in [5.41, 5.74) is 5.99. The van der Waals surface area contributed by atoms with Gasteiger partial charge < -0.3 is 20.8 Å². The smallest absolute Gasteiger partial charge is 0.419 e. The zero-order chi connectivity index (χ0) is 23.8. The molecule has 12 heteroatoms. The first kappa shape index (κ1) is 23.3. The molecule has 8 nitrogen and oxygen atoms in total. The van der Waals surface area contributed by atoms with Gasteiger partial charge >= 0.3 is 12.3 Å². The first-order valence-electron chi connectivity index (χ1n) is 10.3. The van der Waals surface area contributed by atoms with Gasteiger partial charge in [-0.2, -0.15) is 13.2 Å². The number of nitrogens with one attached hydrogen (secondary N) is 3. The molecule has 1 amide bonds. The number of nitrogens with two attached hydrogens (primary N) is 1. The Labute approximate surface area is 195 Å². The van der Waals surface area contributed by atoms with Gasteiger partial charge in [0.2, 0.25) is 5.95 Å². The topological polar surface area (TPSA) is 118 Å². The molecule has 0 aliphatic heterocycles. The number of hydrogen-bond donors (Lipinski definition) is 4. The molecule has 2 heterocycles. The lowest BCUT2D eigenvalue weighted by molar-refractivity contribution is -0.137. The molecule has 1 aliphatic rings. The maximum absolute atomic E-state index is 13.8. The number of carbonyl (C=O) groups excluding carboxylic acids is 1. The van der Waals surface area contributed by atoms with E-state index in [-0.39, 0.29) is 29.3 Å². The minimum atomic E-state index is -4.64. The summed E-state index contributed by atoms with van der Waals surface area (Å²) in [5, 5.41) is 6.17. The van der Waals surface area contributed by atoms with Crippen molar-refractivity contribution in [1.29, 1.82) is 0 Å². The van der Waals surface area contributed by atoms with Gasteiger partial charge in [-0.05, 0) is 47.7 Å². The van der Waals surface area contributed by atoms with E-state index in [0.29, 0.717) is 27.5 Å². The SMILES string of the molecule is COC(=O)Nc1ccc2c(-c3nc(N[C@H]4CCC[C@H](N)C4)ncc3C(F)(F)F)c[nH]c2c1Br. The van der Waals surface area contributed by atoms with Crippen LogP contribution in [0.3, 0.4) is 0 Å². The van der Waals surface area contributed by atoms with E-state index in [1.54, 1.807) is 12.1 Å². The molecule has 0 saturated heterocycles. The lowest BCUT2D eigenvalue weighted by Crippen LogP contribution is -2.35. The van der Waals surface area contributed by atoms with Crippen LogP contribution in [0.25, 0.3) is 22.2 Å². The standard InChI is InChI=1S/C21H22BrF3N6O2/c1-33-20(32)30-15-6-5-12-13(8-27-18(12)16(15)22)17-14(21(23,24)25)9-28-19(31-17)29-11-4-2-3-10(26)7-11/h5-6,8-11,27H,2-4,7,26H2,1H3,(H,30,32)(H,28,29,31)/t10-,11-/m0/s1. The zero-order valence-electron chi connectivity index (χ0n) is 17.6. The number of halogens is 4. The number of methoxy groups -OCH3 is 1. The fourth-order valence-corrected chi connectivity index (χ4v) is 4.58. The van der Waals surface area contributed by atoms with Gasteiger partial charge in [-0.3, -0.25) is 5.32 Å². The maximum atomic E-state index is 13.8. The van der Waals surface area contributed by atoms with E-state index in [4.69, 9.17) is 5.73 Å². The van der Waals surface area contributed by atoms with Gasteiger partial charge in [0.15, 0.2) is 0 Å². The number of aromatic amines is 1. The molecule has 0 unspecified atom stereocenters. The van der Waals surface area contributed by atoms with E-state index < -0.39 is 17.8 Å². The van der Waals surface area contributed by atoms with Gasteiger partial charge in [0.05, 0.1) is 28.5 Å². The number of benzene rings is 1. The van der Waals surface area contributed by atoms with Crippen molar-refractivity contribution in [3.05, 3.63) is 34.6 Å². The molecule has 0 radical (unpaired) electrons. The third kappa shape index (κ3) is 4.91. The molecule has 1 aliphatic carbocycles. The maximum Gasteiger partial charge on any atom is 0.419 e. The summed E-state index contributed by atoms with van der Waals surface area (Å²) in [7, 11) is 1.23. The molecule has 3 aromatic rings. The summed E-state index contributed by atoms with van der Waals surface area (Å²) >= 11 is 3.39. The molecule has 2 aromatic heterocycles. The normalized spacial score (nSPS) is 18.8. The Morgan fingerprint density at radius 1 is 1.33 bits per heavy atom. The number of rotatable bonds is 4. The van der Waals surface area contributed by atoms with Crippen LogP contribution in [0.15, 0.2) is 29.0 Å². The third-order valence-corrected chi connectivity index (χ3v) is 6.44. The number of anilines is 2. The van der Waals surface area contributed by atoms with Crippen LogP contribution in [-0.4, -0.2) is 40.2 Å². The molecule has 0 spiro atoms. The molecule has 4 rings (SSSR count). The first-order valence-corrected chi connectivity index (χ1v) is 11.1. The molecule has 33 heavy (non-hydrogen) atoms. The molecular formula is C21H22BrF3N6O2. The molecule has 2 atom stereocenters. The number of ether oxygens (including phenoxy) is 1. The highest BCUT2D eigenvalue weighted by Gasteiger charge is 2.36. The van der Waals surface area contributed by atoms with Crippen molar-refractivity contribution < 1.29 is 22.7 Å². The summed E-state index contributed by atoms with van der Waals surface area (Å²) in [6.45, 7) is 0. The number of amides is 1. The van der Waals surface area contributed by atoms with Crippen molar-refractivity contribution in [3.63, 3.8) is 0 Å². The van der Waals surface area contributed by atoms with Crippen LogP contribution >= 0.6 is 15.9 Å². The van der Waals surface area contributed by atoms with Crippen LogP contribution in [-0.2, 0) is 10.9 Å². The number of hydrogen-bond acceptors (Lipinski definition) is 6. The quantitative estimate of drug-likeness (QED) is 0.368. The lowest BCUT2D eigenvalue weighted by atomic mass is 9.92. The van der Waals surface area contributed by atoms with Gasteiger partial charge in [0.1, 0.15) is 5.56 Å². The van der Waals surface area contributed by atoms with Gasteiger partial charge in [-0.15, -0.1) is 0 Å². The second-order valence-corrected chi connectivity index (χ2v) is 8.68. The van der Waals surface area contributed by atoms with Crippen LogP contribution in [0.2, 0.25) is 0 Å². The average molecular weight is 527 g/mol. The van der Waals surface area contributed by atoms with Crippen molar-refractivity contribution in [1.82, 2.24) is 15.0 Å². The second-order valence-electron chi connectivity index (χ2n) is 7.89. The van der Waals surface area contributed by atoms with E-state index in [9.17, 15) is 18.0 Å². The van der Waals surface area contributed by atoms with Crippen LogP contribution in [0.4, 0.5) is 29.6 Å². The first-order chi connectivity index (χ1) is 15.7. The fourth-order valence-electron chi connectivity index (χ4n) is 4.02. The highest BCUT2D eigenvalue weighted by molar-refractivity contribution is 9.10. The summed E-state index contributed by atoms with van der Waals surface area (Å²) in [6, 6.07) is 3.22. The number of alkyl halides is 3. The Bertz CT molecular complexity index is 1180. The molecule has 1 saturated carbocycles. The largest absolute Gasteiger partial charge is 0.453 e. The van der Waals surface area contributed by atoms with Crippen LogP contribution in [0, 0.1) is 0 Å². The van der Waals surface area contributed by atoms with Crippen LogP contribution in [0.1, 0.15) is 31.2 Å². The molecule has 1 aromatic carbocycles. The highest BCUT2D eigenvalue weighted by Crippen LogP contribution is 2.41. The monoisotopic (exact) mass is 526 g/mol. The predicted octanol–water partition coefficient (Wildman–Crippen LogP) is 5.27. The number of nitrogens with zero attached hydrogens (tertiary/aromatic N) is 2. The summed E-state index contributed by atoms with van der Waals surface area (Å²) < 4.78 is 46.5. The number of aromatic nitrogens is 3. The Kier molecular flexibility index (Phi) is 6.48. The Morgan fingerprint density at radius 2 is 2.12 bits per heavy atom. The predicted molar refractivity (Wildman–Crippen MR) is 122 cm³/mol. The van der Waals surface area contributed by atoms with Crippen molar-refractivity contribution in [2.45, 2.75) is 43.9 Å². The zero-order valence-corrected chi connectivity index (χ0v) is 19.2. The molecular weight excluding hydrogens is 505 g/mol. The summed E-state index contributed by atoms with van der Waals surface area (Å²) in [4.78, 5) is 22.7.